The van der Waals surface area contributed by atoms with Gasteiger partial charge in [0.15, 0.2) is 6.30 Å². The van der Waals surface area contributed by atoms with Crippen LogP contribution in [0.5, 0.6) is 0 Å². The van der Waals surface area contributed by atoms with Crippen LogP contribution in [0.1, 0.15) is 12.8 Å². The lowest BCUT2D eigenvalue weighted by Gasteiger charge is -2.20. The Morgan fingerprint density at radius 1 is 1.58 bits per heavy atom. The summed E-state index contributed by atoms with van der Waals surface area (Å²) in [6.07, 6.45) is 0.825. The summed E-state index contributed by atoms with van der Waals surface area (Å²) >= 11 is 0. The first-order chi connectivity index (χ1) is 5.88. The molecule has 63 valence electrons. The Morgan fingerprint density at radius 3 is 3.08 bits per heavy atom. The number of hydrogen-bond donors (Lipinski definition) is 0. The van der Waals surface area contributed by atoms with E-state index >= 15 is 0 Å². The third kappa shape index (κ3) is 1.29. The van der Waals surface area contributed by atoms with E-state index < -0.39 is 6.30 Å². The van der Waals surface area contributed by atoms with Crippen molar-refractivity contribution in [3.63, 3.8) is 0 Å². The van der Waals surface area contributed by atoms with Crippen LogP contribution >= 0.6 is 0 Å². The first kappa shape index (κ1) is 7.59. The first-order valence-electron chi connectivity index (χ1n) is 4.25. The van der Waals surface area contributed by atoms with Gasteiger partial charge in [0.05, 0.1) is 0 Å². The normalized spacial score (nSPS) is 23.1. The molecule has 1 fully saturated rings. The molecule has 2 rings (SSSR count). The van der Waals surface area contributed by atoms with Gasteiger partial charge >= 0.3 is 0 Å². The summed E-state index contributed by atoms with van der Waals surface area (Å²) in [7, 11) is 0. The summed E-state index contributed by atoms with van der Waals surface area (Å²) in [5, 5.41) is 0. The van der Waals surface area contributed by atoms with Gasteiger partial charge in [0, 0.05) is 12.2 Å². The molecule has 1 aliphatic rings. The molecule has 12 heavy (non-hydrogen) atoms. The van der Waals surface area contributed by atoms with E-state index in [-0.39, 0.29) is 0 Å². The van der Waals surface area contributed by atoms with Crippen molar-refractivity contribution in [1.82, 2.24) is 0 Å². The average molecular weight is 164 g/mol. The van der Waals surface area contributed by atoms with Crippen LogP contribution in [0.4, 0.5) is 10.1 Å². The molecule has 1 aromatic rings. The van der Waals surface area contributed by atoms with Crippen LogP contribution in [-0.4, -0.2) is 12.8 Å². The third-order valence-electron chi connectivity index (χ3n) is 2.20. The number of halogens is 1. The molecule has 0 saturated carbocycles. The summed E-state index contributed by atoms with van der Waals surface area (Å²) in [6.45, 7) is 0.832. The molecule has 0 unspecified atom stereocenters. The van der Waals surface area contributed by atoms with E-state index in [1.165, 1.54) is 0 Å². The fraction of sp³-hybridized carbons (Fsp3) is 0.400. The number of nitrogens with zero attached hydrogens (tertiary/aromatic N) is 1. The SMILES string of the molecule is F[C@H]1CCCN1c1c[c]ccc1. The zero-order valence-electron chi connectivity index (χ0n) is 6.83. The second kappa shape index (κ2) is 3.13. The van der Waals surface area contributed by atoms with Crippen molar-refractivity contribution in [3.05, 3.63) is 30.3 Å². The quantitative estimate of drug-likeness (QED) is 0.576. The van der Waals surface area contributed by atoms with Crippen LogP contribution in [0.3, 0.4) is 0 Å². The molecule has 0 bridgehead atoms. The number of rotatable bonds is 1. The minimum atomic E-state index is -0.791. The van der Waals surface area contributed by atoms with Crippen molar-refractivity contribution < 1.29 is 4.39 Å². The fourth-order valence-electron chi connectivity index (χ4n) is 1.58. The molecule has 1 aliphatic heterocycles. The number of hydrogen-bond acceptors (Lipinski definition) is 1. The Kier molecular flexibility index (Phi) is 1.98. The van der Waals surface area contributed by atoms with Crippen LogP contribution in [0.15, 0.2) is 24.3 Å². The van der Waals surface area contributed by atoms with Gasteiger partial charge in [-0.15, -0.1) is 0 Å². The minimum Gasteiger partial charge on any atom is -0.342 e. The van der Waals surface area contributed by atoms with Gasteiger partial charge < -0.3 is 4.90 Å². The lowest BCUT2D eigenvalue weighted by Crippen LogP contribution is -2.24. The highest BCUT2D eigenvalue weighted by Crippen LogP contribution is 2.25. The standard InChI is InChI=1S/C10H11FN/c11-10-7-4-8-12(10)9-5-2-1-3-6-9/h1-2,5-6,10H,4,7-8H2/t10-/m1/s1. The van der Waals surface area contributed by atoms with Gasteiger partial charge in [-0.2, -0.15) is 0 Å². The summed E-state index contributed by atoms with van der Waals surface area (Å²) in [4.78, 5) is 1.79. The molecule has 0 aromatic heterocycles. The maximum Gasteiger partial charge on any atom is 0.172 e. The molecule has 1 aromatic carbocycles. The van der Waals surface area contributed by atoms with Crippen LogP contribution in [0.25, 0.3) is 0 Å². The average Bonchev–Trinajstić information content (AvgIpc) is 2.53. The highest BCUT2D eigenvalue weighted by atomic mass is 19.1. The molecule has 1 nitrogen and oxygen atoms in total. The maximum absolute atomic E-state index is 13.2. The molecule has 0 N–H and O–H groups in total. The van der Waals surface area contributed by atoms with Crippen molar-refractivity contribution in [3.8, 4) is 0 Å². The molecule has 0 spiro atoms. The van der Waals surface area contributed by atoms with Gasteiger partial charge in [-0.05, 0) is 31.0 Å². The van der Waals surface area contributed by atoms with Crippen molar-refractivity contribution in [2.24, 2.45) is 0 Å². The van der Waals surface area contributed by atoms with E-state index in [0.29, 0.717) is 6.42 Å². The summed E-state index contributed by atoms with van der Waals surface area (Å²) in [5.74, 6) is 0. The number of anilines is 1. The van der Waals surface area contributed by atoms with Crippen LogP contribution in [0, 0.1) is 6.07 Å². The molecule has 2 heteroatoms. The lowest BCUT2D eigenvalue weighted by molar-refractivity contribution is 0.345. The van der Waals surface area contributed by atoms with Gasteiger partial charge in [0.1, 0.15) is 0 Å². The highest BCUT2D eigenvalue weighted by molar-refractivity contribution is 5.46. The van der Waals surface area contributed by atoms with Crippen LogP contribution in [-0.2, 0) is 0 Å². The Morgan fingerprint density at radius 2 is 2.50 bits per heavy atom. The Balaban J connectivity index is 2.19. The second-order valence-corrected chi connectivity index (χ2v) is 3.03. The molecular formula is C10H11FN. The zero-order chi connectivity index (χ0) is 8.39. The third-order valence-corrected chi connectivity index (χ3v) is 2.20. The van der Waals surface area contributed by atoms with E-state index in [1.807, 2.05) is 24.3 Å². The largest absolute Gasteiger partial charge is 0.342 e. The van der Waals surface area contributed by atoms with Gasteiger partial charge in [-0.1, -0.05) is 12.1 Å². The van der Waals surface area contributed by atoms with Crippen LogP contribution in [0.2, 0.25) is 0 Å². The Hall–Kier alpha value is -1.05. The number of benzene rings is 1. The smallest absolute Gasteiger partial charge is 0.172 e. The molecule has 1 saturated heterocycles. The maximum atomic E-state index is 13.2. The molecule has 1 heterocycles. The molecule has 0 amide bonds. The van der Waals surface area contributed by atoms with Crippen molar-refractivity contribution in [2.75, 3.05) is 11.4 Å². The van der Waals surface area contributed by atoms with E-state index in [0.717, 1.165) is 18.7 Å². The molecular weight excluding hydrogens is 153 g/mol. The lowest BCUT2D eigenvalue weighted by atomic mass is 10.3. The monoisotopic (exact) mass is 164 g/mol. The first-order valence-corrected chi connectivity index (χ1v) is 4.25. The number of alkyl halides is 1. The van der Waals surface area contributed by atoms with E-state index in [1.54, 1.807) is 4.90 Å². The van der Waals surface area contributed by atoms with E-state index in [9.17, 15) is 4.39 Å². The molecule has 1 radical (unpaired) electrons. The Bertz CT molecular complexity index is 247. The van der Waals surface area contributed by atoms with Gasteiger partial charge in [-0.3, -0.25) is 0 Å². The van der Waals surface area contributed by atoms with Gasteiger partial charge in [0.2, 0.25) is 0 Å². The van der Waals surface area contributed by atoms with Crippen molar-refractivity contribution in [1.29, 1.82) is 0 Å². The summed E-state index contributed by atoms with van der Waals surface area (Å²) in [6, 6.07) is 10.4. The Labute approximate surface area is 71.8 Å². The van der Waals surface area contributed by atoms with Gasteiger partial charge in [0.25, 0.3) is 0 Å². The molecule has 1 atom stereocenters. The topological polar surface area (TPSA) is 3.24 Å². The molecule has 0 aliphatic carbocycles. The predicted octanol–water partition coefficient (Wildman–Crippen LogP) is 2.38. The summed E-state index contributed by atoms with van der Waals surface area (Å²) < 4.78 is 13.2. The van der Waals surface area contributed by atoms with E-state index in [4.69, 9.17) is 0 Å². The fourth-order valence-corrected chi connectivity index (χ4v) is 1.58. The second-order valence-electron chi connectivity index (χ2n) is 3.03. The zero-order valence-corrected chi connectivity index (χ0v) is 6.83. The van der Waals surface area contributed by atoms with Crippen molar-refractivity contribution >= 4 is 5.69 Å². The minimum absolute atomic E-state index is 0.662. The summed E-state index contributed by atoms with van der Waals surface area (Å²) in [5.41, 5.74) is 0.947. The van der Waals surface area contributed by atoms with Gasteiger partial charge in [-0.25, -0.2) is 4.39 Å². The predicted molar refractivity (Wildman–Crippen MR) is 46.8 cm³/mol. The highest BCUT2D eigenvalue weighted by Gasteiger charge is 2.23. The van der Waals surface area contributed by atoms with E-state index in [2.05, 4.69) is 6.07 Å². The van der Waals surface area contributed by atoms with Crippen molar-refractivity contribution in [2.45, 2.75) is 19.1 Å². The van der Waals surface area contributed by atoms with Crippen LogP contribution < -0.4 is 4.90 Å².